The van der Waals surface area contributed by atoms with Crippen molar-refractivity contribution in [1.29, 1.82) is 0 Å². The largest absolute Gasteiger partial charge is 0.465 e. The summed E-state index contributed by atoms with van der Waals surface area (Å²) in [5, 5.41) is 0. The summed E-state index contributed by atoms with van der Waals surface area (Å²) in [5.41, 5.74) is -0.197. The van der Waals surface area contributed by atoms with Crippen LogP contribution in [0.25, 0.3) is 0 Å². The second-order valence-corrected chi connectivity index (χ2v) is 7.32. The fourth-order valence-corrected chi connectivity index (χ4v) is 4.06. The molecule has 0 radical (unpaired) electrons. The molecule has 108 valence electrons. The number of rotatable bonds is 2. The Hall–Kier alpha value is -0.570. The van der Waals surface area contributed by atoms with Gasteiger partial charge in [-0.3, -0.25) is 4.79 Å². The average molecular weight is 266 g/mol. The van der Waals surface area contributed by atoms with Gasteiger partial charge in [-0.1, -0.05) is 19.8 Å². The van der Waals surface area contributed by atoms with Crippen LogP contribution in [0.3, 0.4) is 0 Å². The second-order valence-electron chi connectivity index (χ2n) is 7.32. The van der Waals surface area contributed by atoms with E-state index in [9.17, 15) is 4.79 Å². The average Bonchev–Trinajstić information content (AvgIpc) is 3.10. The van der Waals surface area contributed by atoms with Crippen LogP contribution in [0.4, 0.5) is 0 Å². The molecule has 3 rings (SSSR count). The monoisotopic (exact) mass is 266 g/mol. The van der Waals surface area contributed by atoms with Crippen LogP contribution in [-0.4, -0.2) is 24.3 Å². The number of hydrogen-bond acceptors (Lipinski definition) is 3. The lowest BCUT2D eigenvalue weighted by atomic mass is 9.68. The van der Waals surface area contributed by atoms with Gasteiger partial charge >= 0.3 is 5.97 Å². The predicted octanol–water partition coefficient (Wildman–Crippen LogP) is 3.31. The summed E-state index contributed by atoms with van der Waals surface area (Å²) in [6.07, 6.45) is 7.70. The SMILES string of the molecule is CC1C(CC23CCCCC2O3)CCOC(=O)C1(C)C. The third-order valence-electron chi connectivity index (χ3n) is 5.92. The third-order valence-corrected chi connectivity index (χ3v) is 5.92. The zero-order valence-electron chi connectivity index (χ0n) is 12.4. The van der Waals surface area contributed by atoms with Crippen molar-refractivity contribution < 1.29 is 14.3 Å². The normalized spacial score (nSPS) is 45.0. The van der Waals surface area contributed by atoms with E-state index in [0.717, 1.165) is 12.8 Å². The zero-order chi connectivity index (χ0) is 13.7. The Labute approximate surface area is 116 Å². The van der Waals surface area contributed by atoms with Gasteiger partial charge in [0.25, 0.3) is 0 Å². The molecule has 0 aromatic carbocycles. The number of carbonyl (C=O) groups excluding carboxylic acids is 1. The molecule has 4 unspecified atom stereocenters. The molecule has 3 nitrogen and oxygen atoms in total. The number of cyclic esters (lactones) is 1. The summed E-state index contributed by atoms with van der Waals surface area (Å²) < 4.78 is 11.4. The maximum absolute atomic E-state index is 12.0. The lowest BCUT2D eigenvalue weighted by molar-refractivity contribution is -0.154. The van der Waals surface area contributed by atoms with Crippen molar-refractivity contribution in [3.63, 3.8) is 0 Å². The quantitative estimate of drug-likeness (QED) is 0.568. The number of ether oxygens (including phenoxy) is 2. The zero-order valence-corrected chi connectivity index (χ0v) is 12.4. The number of epoxide rings is 1. The molecule has 0 aromatic rings. The minimum absolute atomic E-state index is 0.0306. The lowest BCUT2D eigenvalue weighted by Gasteiger charge is -2.33. The highest BCUT2D eigenvalue weighted by Crippen LogP contribution is 2.54. The molecule has 0 aromatic heterocycles. The first-order chi connectivity index (χ1) is 8.96. The van der Waals surface area contributed by atoms with Crippen molar-refractivity contribution in [2.24, 2.45) is 17.3 Å². The van der Waals surface area contributed by atoms with Crippen LogP contribution < -0.4 is 0 Å². The molecule has 2 aliphatic heterocycles. The Bertz CT molecular complexity index is 376. The topological polar surface area (TPSA) is 38.8 Å². The van der Waals surface area contributed by atoms with Crippen molar-refractivity contribution in [2.45, 2.75) is 71.0 Å². The number of fused-ring (bicyclic) bond motifs is 1. The van der Waals surface area contributed by atoms with Gasteiger partial charge in [-0.2, -0.15) is 0 Å². The Morgan fingerprint density at radius 3 is 2.79 bits per heavy atom. The highest BCUT2D eigenvalue weighted by Gasteiger charge is 2.58. The van der Waals surface area contributed by atoms with Gasteiger partial charge in [0.2, 0.25) is 0 Å². The molecule has 2 heterocycles. The van der Waals surface area contributed by atoms with Crippen LogP contribution in [0.1, 0.15) is 59.3 Å². The third kappa shape index (κ3) is 2.20. The smallest absolute Gasteiger partial charge is 0.311 e. The maximum atomic E-state index is 12.0. The highest BCUT2D eigenvalue weighted by molar-refractivity contribution is 5.76. The Kier molecular flexibility index (Phi) is 3.16. The fourth-order valence-electron chi connectivity index (χ4n) is 4.06. The lowest BCUT2D eigenvalue weighted by Crippen LogP contribution is -2.36. The van der Waals surface area contributed by atoms with Crippen LogP contribution in [0.15, 0.2) is 0 Å². The minimum Gasteiger partial charge on any atom is -0.465 e. The standard InChI is InChI=1S/C16H26O3/c1-11-12(7-9-18-14(17)15(11,2)3)10-16-8-5-4-6-13(16)19-16/h11-13H,4-10H2,1-3H3. The van der Waals surface area contributed by atoms with E-state index in [1.54, 1.807) is 0 Å². The van der Waals surface area contributed by atoms with Crippen LogP contribution in [0.5, 0.6) is 0 Å². The summed E-state index contributed by atoms with van der Waals surface area (Å²) in [7, 11) is 0. The molecule has 4 atom stereocenters. The van der Waals surface area contributed by atoms with Crippen LogP contribution >= 0.6 is 0 Å². The van der Waals surface area contributed by atoms with E-state index in [4.69, 9.17) is 9.47 Å². The van der Waals surface area contributed by atoms with E-state index >= 15 is 0 Å². The van der Waals surface area contributed by atoms with Crippen molar-refractivity contribution in [2.75, 3.05) is 6.61 Å². The van der Waals surface area contributed by atoms with E-state index < -0.39 is 0 Å². The van der Waals surface area contributed by atoms with E-state index in [1.165, 1.54) is 25.7 Å². The van der Waals surface area contributed by atoms with Crippen LogP contribution in [-0.2, 0) is 14.3 Å². The summed E-state index contributed by atoms with van der Waals surface area (Å²) in [5.74, 6) is 0.880. The van der Waals surface area contributed by atoms with E-state index in [2.05, 4.69) is 6.92 Å². The van der Waals surface area contributed by atoms with Gasteiger partial charge in [0, 0.05) is 0 Å². The molecular weight excluding hydrogens is 240 g/mol. The van der Waals surface area contributed by atoms with Gasteiger partial charge in [-0.15, -0.1) is 0 Å². The van der Waals surface area contributed by atoms with Gasteiger partial charge in [0.05, 0.1) is 23.7 Å². The molecule has 2 saturated heterocycles. The minimum atomic E-state index is -0.364. The molecule has 0 N–H and O–H groups in total. The number of hydrogen-bond donors (Lipinski definition) is 0. The van der Waals surface area contributed by atoms with E-state index in [1.807, 2.05) is 13.8 Å². The van der Waals surface area contributed by atoms with Gasteiger partial charge in [0.15, 0.2) is 0 Å². The fraction of sp³-hybridized carbons (Fsp3) is 0.938. The van der Waals surface area contributed by atoms with Gasteiger partial charge in [-0.25, -0.2) is 0 Å². The first-order valence-corrected chi connectivity index (χ1v) is 7.81. The molecule has 0 bridgehead atoms. The van der Waals surface area contributed by atoms with Gasteiger partial charge in [-0.05, 0) is 51.4 Å². The Morgan fingerprint density at radius 2 is 2.05 bits per heavy atom. The predicted molar refractivity (Wildman–Crippen MR) is 72.7 cm³/mol. The molecule has 1 aliphatic carbocycles. The second kappa shape index (κ2) is 4.47. The van der Waals surface area contributed by atoms with Crippen molar-refractivity contribution in [3.05, 3.63) is 0 Å². The summed E-state index contributed by atoms with van der Waals surface area (Å²) in [6.45, 7) is 6.86. The van der Waals surface area contributed by atoms with E-state index in [0.29, 0.717) is 24.5 Å². The summed E-state index contributed by atoms with van der Waals surface area (Å²) >= 11 is 0. The first kappa shape index (κ1) is 13.4. The number of carbonyl (C=O) groups is 1. The van der Waals surface area contributed by atoms with Gasteiger partial charge in [0.1, 0.15) is 0 Å². The van der Waals surface area contributed by atoms with Crippen molar-refractivity contribution in [3.8, 4) is 0 Å². The van der Waals surface area contributed by atoms with Crippen LogP contribution in [0.2, 0.25) is 0 Å². The Balaban J connectivity index is 1.72. The van der Waals surface area contributed by atoms with Crippen molar-refractivity contribution in [1.82, 2.24) is 0 Å². The first-order valence-electron chi connectivity index (χ1n) is 7.81. The number of esters is 1. The van der Waals surface area contributed by atoms with Crippen molar-refractivity contribution >= 4 is 5.97 Å². The maximum Gasteiger partial charge on any atom is 0.311 e. The molecule has 3 fully saturated rings. The summed E-state index contributed by atoms with van der Waals surface area (Å²) in [6, 6.07) is 0. The summed E-state index contributed by atoms with van der Waals surface area (Å²) in [4.78, 5) is 12.0. The van der Waals surface area contributed by atoms with Crippen LogP contribution in [0, 0.1) is 17.3 Å². The highest BCUT2D eigenvalue weighted by atomic mass is 16.6. The van der Waals surface area contributed by atoms with E-state index in [-0.39, 0.29) is 17.0 Å². The Morgan fingerprint density at radius 1 is 1.26 bits per heavy atom. The molecule has 1 saturated carbocycles. The molecule has 19 heavy (non-hydrogen) atoms. The molecule has 0 spiro atoms. The molecule has 0 amide bonds. The molecule has 3 aliphatic rings. The molecule has 3 heteroatoms. The molecular formula is C16H26O3. The van der Waals surface area contributed by atoms with Gasteiger partial charge < -0.3 is 9.47 Å².